The molecule has 2 saturated heterocycles. The predicted molar refractivity (Wildman–Crippen MR) is 77.7 cm³/mol. The highest BCUT2D eigenvalue weighted by atomic mass is 32.2. The second-order valence-corrected chi connectivity index (χ2v) is 7.08. The van der Waals surface area contributed by atoms with Crippen LogP contribution in [0.5, 0.6) is 0 Å². The first-order valence-corrected chi connectivity index (χ1v) is 8.77. The fourth-order valence-electron chi connectivity index (χ4n) is 2.34. The van der Waals surface area contributed by atoms with Crippen LogP contribution in [0.15, 0.2) is 0 Å². The maximum atomic E-state index is 11.8. The Bertz CT molecular complexity index is 848. The third kappa shape index (κ3) is 3.44. The molecule has 2 heterocycles. The highest BCUT2D eigenvalue weighted by Crippen LogP contribution is 2.32. The van der Waals surface area contributed by atoms with E-state index in [1.54, 1.807) is 0 Å². The van der Waals surface area contributed by atoms with Gasteiger partial charge in [0, 0.05) is 25.7 Å². The van der Waals surface area contributed by atoms with E-state index < -0.39 is 82.4 Å². The van der Waals surface area contributed by atoms with Gasteiger partial charge in [0.05, 0.1) is 0 Å². The number of nitrogens with zero attached hydrogens (tertiary/aromatic N) is 2. The van der Waals surface area contributed by atoms with Gasteiger partial charge in [-0.15, -0.1) is 0 Å². The zero-order valence-electron chi connectivity index (χ0n) is 13.6. The number of aliphatic carboxylic acids is 2. The number of hydrogen-bond donors (Lipinski definition) is 3. The van der Waals surface area contributed by atoms with Gasteiger partial charge in [0.25, 0.3) is 23.6 Å². The number of carbonyl (C=O) groups excluding carboxylic acids is 4. The zero-order valence-corrected chi connectivity index (χ0v) is 14.4. The molecular weight excluding hydrogens is 412 g/mol. The summed E-state index contributed by atoms with van der Waals surface area (Å²) in [6.07, 6.45) is -5.18. The number of carboxylic acids is 2. The van der Waals surface area contributed by atoms with Crippen LogP contribution in [0, 0.1) is 0 Å². The molecule has 2 fully saturated rings. The van der Waals surface area contributed by atoms with Gasteiger partial charge in [0.2, 0.25) is 6.10 Å². The second-order valence-electron chi connectivity index (χ2n) is 5.53. The lowest BCUT2D eigenvalue weighted by molar-refractivity contribution is -0.264. The molecule has 28 heavy (non-hydrogen) atoms. The van der Waals surface area contributed by atoms with Crippen molar-refractivity contribution in [1.82, 2.24) is 10.1 Å². The lowest BCUT2D eigenvalue weighted by atomic mass is 10.2. The first-order chi connectivity index (χ1) is 12.8. The molecule has 0 aromatic rings. The molecule has 154 valence electrons. The van der Waals surface area contributed by atoms with Crippen LogP contribution in [0.2, 0.25) is 0 Å². The minimum atomic E-state index is -6.10. The first kappa shape index (κ1) is 21.4. The SMILES string of the molecule is O=C(O)C(ON1C(=O)CCC1=O)C(ON1C(=O)CCC1=O)(C(=O)O)S(=O)(=O)O. The van der Waals surface area contributed by atoms with E-state index in [0.717, 1.165) is 0 Å². The molecule has 3 N–H and O–H groups in total. The molecule has 2 rings (SSSR count). The lowest BCUT2D eigenvalue weighted by Crippen LogP contribution is -2.65. The average molecular weight is 424 g/mol. The summed E-state index contributed by atoms with van der Waals surface area (Å²) in [7, 11) is -6.10. The van der Waals surface area contributed by atoms with Crippen molar-refractivity contribution < 1.29 is 61.6 Å². The number of hydrogen-bond acceptors (Lipinski definition) is 10. The van der Waals surface area contributed by atoms with Crippen LogP contribution in [-0.2, 0) is 48.6 Å². The normalized spacial score (nSPS) is 21.2. The number of rotatable bonds is 8. The summed E-state index contributed by atoms with van der Waals surface area (Å²) in [5.41, 5.74) is 0. The monoisotopic (exact) mass is 424 g/mol. The molecule has 0 radical (unpaired) electrons. The maximum absolute atomic E-state index is 11.8. The molecule has 0 aliphatic carbocycles. The Morgan fingerprint density at radius 3 is 1.61 bits per heavy atom. The predicted octanol–water partition coefficient (Wildman–Crippen LogP) is -2.73. The Morgan fingerprint density at radius 2 is 1.29 bits per heavy atom. The van der Waals surface area contributed by atoms with Gasteiger partial charge in [-0.2, -0.15) is 18.5 Å². The summed E-state index contributed by atoms with van der Waals surface area (Å²) < 4.78 is 33.1. The van der Waals surface area contributed by atoms with Gasteiger partial charge < -0.3 is 10.2 Å². The van der Waals surface area contributed by atoms with Crippen molar-refractivity contribution in [2.75, 3.05) is 0 Å². The van der Waals surface area contributed by atoms with E-state index in [0.29, 0.717) is 0 Å². The highest BCUT2D eigenvalue weighted by molar-refractivity contribution is 7.88. The third-order valence-corrected chi connectivity index (χ3v) is 4.93. The van der Waals surface area contributed by atoms with Crippen LogP contribution in [0.3, 0.4) is 0 Å². The van der Waals surface area contributed by atoms with Gasteiger partial charge in [-0.1, -0.05) is 0 Å². The van der Waals surface area contributed by atoms with Crippen LogP contribution in [0.1, 0.15) is 25.7 Å². The van der Waals surface area contributed by atoms with Crippen LogP contribution in [-0.4, -0.2) is 79.9 Å². The molecule has 15 nitrogen and oxygen atoms in total. The fraction of sp³-hybridized carbons (Fsp3) is 0.500. The molecule has 0 saturated carbocycles. The van der Waals surface area contributed by atoms with Gasteiger partial charge in [0.1, 0.15) is 0 Å². The Labute approximate surface area is 155 Å². The zero-order chi connectivity index (χ0) is 21.4. The molecule has 0 spiro atoms. The minimum Gasteiger partial charge on any atom is -0.479 e. The highest BCUT2D eigenvalue weighted by Gasteiger charge is 2.67. The van der Waals surface area contributed by atoms with Crippen molar-refractivity contribution in [2.45, 2.75) is 36.7 Å². The number of imide groups is 2. The van der Waals surface area contributed by atoms with Crippen molar-refractivity contribution in [3.63, 3.8) is 0 Å². The van der Waals surface area contributed by atoms with Crippen molar-refractivity contribution in [2.24, 2.45) is 0 Å². The van der Waals surface area contributed by atoms with E-state index in [-0.39, 0.29) is 10.1 Å². The van der Waals surface area contributed by atoms with Gasteiger partial charge in [-0.3, -0.25) is 23.7 Å². The molecule has 0 aromatic heterocycles. The molecule has 2 atom stereocenters. The first-order valence-electron chi connectivity index (χ1n) is 7.33. The Balaban J connectivity index is 2.59. The molecule has 2 unspecified atom stereocenters. The van der Waals surface area contributed by atoms with Crippen LogP contribution in [0.25, 0.3) is 0 Å². The molecule has 4 amide bonds. The third-order valence-electron chi connectivity index (χ3n) is 3.70. The van der Waals surface area contributed by atoms with Gasteiger partial charge >= 0.3 is 27.0 Å². The standard InChI is InChI=1S/C12H12N2O13S/c15-5-1-2-6(16)13(5)26-9(10(19)20)12(11(21)22,28(23,24)25)27-14-7(17)3-4-8(14)18/h9H,1-4H2,(H,19,20)(H,21,22)(H,23,24,25). The summed E-state index contributed by atoms with van der Waals surface area (Å²) in [6, 6.07) is 0. The number of amides is 4. The van der Waals surface area contributed by atoms with Gasteiger partial charge in [-0.25, -0.2) is 19.3 Å². The molecule has 16 heteroatoms. The average Bonchev–Trinajstić information content (AvgIpc) is 3.04. The van der Waals surface area contributed by atoms with Crippen molar-refractivity contribution in [3.8, 4) is 0 Å². The summed E-state index contributed by atoms with van der Waals surface area (Å²) in [5, 5.41) is 18.1. The quantitative estimate of drug-likeness (QED) is 0.266. The molecule has 0 aromatic carbocycles. The van der Waals surface area contributed by atoms with Crippen LogP contribution in [0.4, 0.5) is 0 Å². The molecular formula is C12H12N2O13S. The molecule has 0 bridgehead atoms. The summed E-state index contributed by atoms with van der Waals surface area (Å²) in [6.45, 7) is 0. The lowest BCUT2D eigenvalue weighted by Gasteiger charge is -2.33. The topological polar surface area (TPSA) is 222 Å². The Kier molecular flexibility index (Phi) is 5.51. The summed E-state index contributed by atoms with van der Waals surface area (Å²) in [5.74, 6) is -9.81. The van der Waals surface area contributed by atoms with Gasteiger partial charge in [0.15, 0.2) is 0 Å². The maximum Gasteiger partial charge on any atom is 0.361 e. The van der Waals surface area contributed by atoms with E-state index in [1.807, 2.05) is 0 Å². The number of carbonyl (C=O) groups is 6. The van der Waals surface area contributed by atoms with E-state index in [4.69, 9.17) is 0 Å². The summed E-state index contributed by atoms with van der Waals surface area (Å²) >= 11 is 0. The Hall–Kier alpha value is -2.95. The van der Waals surface area contributed by atoms with Crippen molar-refractivity contribution in [1.29, 1.82) is 0 Å². The largest absolute Gasteiger partial charge is 0.479 e. The smallest absolute Gasteiger partial charge is 0.361 e. The van der Waals surface area contributed by atoms with E-state index >= 15 is 0 Å². The molecule has 2 aliphatic heterocycles. The number of hydroxylamine groups is 4. The van der Waals surface area contributed by atoms with E-state index in [9.17, 15) is 52.0 Å². The fourth-order valence-corrected chi connectivity index (χ4v) is 3.15. The van der Waals surface area contributed by atoms with Gasteiger partial charge in [-0.05, 0) is 0 Å². The Morgan fingerprint density at radius 1 is 0.893 bits per heavy atom. The second kappa shape index (κ2) is 7.23. The van der Waals surface area contributed by atoms with Crippen molar-refractivity contribution in [3.05, 3.63) is 0 Å². The summed E-state index contributed by atoms with van der Waals surface area (Å²) in [4.78, 5) is 74.3. The van der Waals surface area contributed by atoms with Crippen molar-refractivity contribution >= 4 is 45.7 Å². The van der Waals surface area contributed by atoms with Crippen LogP contribution >= 0.6 is 0 Å². The molecule has 2 aliphatic rings. The van der Waals surface area contributed by atoms with E-state index in [1.165, 1.54) is 0 Å². The minimum absolute atomic E-state index is 0.196. The van der Waals surface area contributed by atoms with E-state index in [2.05, 4.69) is 9.68 Å². The van der Waals surface area contributed by atoms with Crippen LogP contribution < -0.4 is 0 Å². The number of carboxylic acid groups (broad SMARTS) is 2.